The zero-order chi connectivity index (χ0) is 13.8. The Labute approximate surface area is 117 Å². The van der Waals surface area contributed by atoms with E-state index in [4.69, 9.17) is 21.4 Å². The fourth-order valence-electron chi connectivity index (χ4n) is 1.87. The number of hydrogen-bond donors (Lipinski definition) is 1. The fourth-order valence-corrected chi connectivity index (χ4v) is 2.10. The highest BCUT2D eigenvalue weighted by molar-refractivity contribution is 6.30. The quantitative estimate of drug-likeness (QED) is 0.915. The molecule has 0 bridgehead atoms. The number of benzene rings is 1. The van der Waals surface area contributed by atoms with Crippen LogP contribution in [0.25, 0.3) is 0 Å². The summed E-state index contributed by atoms with van der Waals surface area (Å²) >= 11 is 6.14. The lowest BCUT2D eigenvalue weighted by molar-refractivity contribution is 0.298. The second-order valence-electron chi connectivity index (χ2n) is 4.38. The Morgan fingerprint density at radius 1 is 1.32 bits per heavy atom. The molecule has 0 saturated carbocycles. The minimum Gasteiger partial charge on any atom is -0.489 e. The summed E-state index contributed by atoms with van der Waals surface area (Å²) in [7, 11) is 1.81. The van der Waals surface area contributed by atoms with Crippen LogP contribution in [0.4, 0.5) is 0 Å². The van der Waals surface area contributed by atoms with Crippen molar-refractivity contribution in [1.29, 1.82) is 0 Å². The molecule has 1 heterocycles. The lowest BCUT2D eigenvalue weighted by Crippen LogP contribution is -1.98. The van der Waals surface area contributed by atoms with Gasteiger partial charge < -0.3 is 9.84 Å². The van der Waals surface area contributed by atoms with Crippen molar-refractivity contribution >= 4 is 11.6 Å². The molecule has 0 aliphatic rings. The molecule has 0 atom stereocenters. The van der Waals surface area contributed by atoms with Crippen molar-refractivity contribution in [2.75, 3.05) is 6.61 Å². The Morgan fingerprint density at radius 3 is 2.53 bits per heavy atom. The van der Waals surface area contributed by atoms with Crippen LogP contribution in [0.5, 0.6) is 5.75 Å². The van der Waals surface area contributed by atoms with Gasteiger partial charge in [-0.3, -0.25) is 4.68 Å². The minimum absolute atomic E-state index is 0.157. The van der Waals surface area contributed by atoms with E-state index in [1.54, 1.807) is 4.68 Å². The Kier molecular flexibility index (Phi) is 4.45. The van der Waals surface area contributed by atoms with Crippen LogP contribution in [0.15, 0.2) is 24.3 Å². The van der Waals surface area contributed by atoms with Crippen molar-refractivity contribution in [1.82, 2.24) is 9.78 Å². The SMILES string of the molecule is Cc1nn(C)c(Cl)c1COc1ccc(CCO)cc1. The van der Waals surface area contributed by atoms with Gasteiger partial charge in [0.05, 0.1) is 5.69 Å². The molecule has 0 aliphatic heterocycles. The third-order valence-electron chi connectivity index (χ3n) is 2.98. The Bertz CT molecular complexity index is 549. The highest BCUT2D eigenvalue weighted by atomic mass is 35.5. The van der Waals surface area contributed by atoms with Crippen molar-refractivity contribution < 1.29 is 9.84 Å². The average molecular weight is 281 g/mol. The van der Waals surface area contributed by atoms with Crippen LogP contribution in [0, 0.1) is 6.92 Å². The van der Waals surface area contributed by atoms with Crippen LogP contribution in [0.2, 0.25) is 5.15 Å². The summed E-state index contributed by atoms with van der Waals surface area (Å²) < 4.78 is 7.34. The third-order valence-corrected chi connectivity index (χ3v) is 3.45. The first-order chi connectivity index (χ1) is 9.11. The monoisotopic (exact) mass is 280 g/mol. The molecule has 2 rings (SSSR count). The number of aliphatic hydroxyl groups excluding tert-OH is 1. The molecule has 0 spiro atoms. The standard InChI is InChI=1S/C14H17ClN2O2/c1-10-13(14(15)17(2)16-10)9-19-12-5-3-11(4-6-12)7-8-18/h3-6,18H,7-9H2,1-2H3. The molecule has 102 valence electrons. The van der Waals surface area contributed by atoms with Gasteiger partial charge >= 0.3 is 0 Å². The summed E-state index contributed by atoms with van der Waals surface area (Å²) in [5.74, 6) is 0.779. The summed E-state index contributed by atoms with van der Waals surface area (Å²) in [6.07, 6.45) is 0.661. The van der Waals surface area contributed by atoms with Crippen molar-refractivity contribution in [2.45, 2.75) is 20.0 Å². The molecule has 1 aromatic heterocycles. The lowest BCUT2D eigenvalue weighted by atomic mass is 10.1. The van der Waals surface area contributed by atoms with Gasteiger partial charge in [-0.15, -0.1) is 0 Å². The van der Waals surface area contributed by atoms with Gasteiger partial charge in [-0.25, -0.2) is 0 Å². The van der Waals surface area contributed by atoms with E-state index in [0.29, 0.717) is 18.2 Å². The third kappa shape index (κ3) is 3.28. The van der Waals surface area contributed by atoms with E-state index in [-0.39, 0.29) is 6.61 Å². The summed E-state index contributed by atoms with van der Waals surface area (Å²) in [5, 5.41) is 13.7. The molecule has 0 unspecified atom stereocenters. The summed E-state index contributed by atoms with van der Waals surface area (Å²) in [5.41, 5.74) is 2.87. The van der Waals surface area contributed by atoms with Crippen LogP contribution >= 0.6 is 11.6 Å². The zero-order valence-electron chi connectivity index (χ0n) is 11.1. The van der Waals surface area contributed by atoms with E-state index in [1.165, 1.54) is 0 Å². The van der Waals surface area contributed by atoms with Crippen LogP contribution in [0.1, 0.15) is 16.8 Å². The topological polar surface area (TPSA) is 47.3 Å². The first kappa shape index (κ1) is 13.9. The van der Waals surface area contributed by atoms with E-state index in [2.05, 4.69) is 5.10 Å². The molecule has 1 N–H and O–H groups in total. The number of nitrogens with zero attached hydrogens (tertiary/aromatic N) is 2. The van der Waals surface area contributed by atoms with Crippen molar-refractivity contribution in [3.05, 3.63) is 46.2 Å². The number of ether oxygens (including phenoxy) is 1. The number of aryl methyl sites for hydroxylation is 2. The number of halogens is 1. The molecule has 4 nitrogen and oxygen atoms in total. The molecule has 0 fully saturated rings. The highest BCUT2D eigenvalue weighted by Crippen LogP contribution is 2.21. The maximum Gasteiger partial charge on any atom is 0.133 e. The number of aliphatic hydroxyl groups is 1. The molecular weight excluding hydrogens is 264 g/mol. The molecule has 2 aromatic rings. The maximum absolute atomic E-state index is 8.85. The minimum atomic E-state index is 0.157. The molecule has 0 aliphatic carbocycles. The van der Waals surface area contributed by atoms with E-state index < -0.39 is 0 Å². The summed E-state index contributed by atoms with van der Waals surface area (Å²) in [6.45, 7) is 2.47. The van der Waals surface area contributed by atoms with Crippen LogP contribution in [0.3, 0.4) is 0 Å². The number of aromatic nitrogens is 2. The Hall–Kier alpha value is -1.52. The van der Waals surface area contributed by atoms with Gasteiger partial charge in [-0.05, 0) is 31.0 Å². The van der Waals surface area contributed by atoms with Gasteiger partial charge in [0.1, 0.15) is 17.5 Å². The van der Waals surface area contributed by atoms with Crippen LogP contribution in [-0.2, 0) is 20.1 Å². The molecular formula is C14H17ClN2O2. The Morgan fingerprint density at radius 2 is 2.00 bits per heavy atom. The first-order valence-electron chi connectivity index (χ1n) is 6.12. The van der Waals surface area contributed by atoms with Gasteiger partial charge in [0, 0.05) is 19.2 Å². The van der Waals surface area contributed by atoms with Crippen molar-refractivity contribution in [3.8, 4) is 5.75 Å². The van der Waals surface area contributed by atoms with Gasteiger partial charge in [-0.1, -0.05) is 23.7 Å². The predicted molar refractivity (Wildman–Crippen MR) is 74.5 cm³/mol. The lowest BCUT2D eigenvalue weighted by Gasteiger charge is -2.07. The Balaban J connectivity index is 2.02. The molecule has 19 heavy (non-hydrogen) atoms. The number of rotatable bonds is 5. The largest absolute Gasteiger partial charge is 0.489 e. The summed E-state index contributed by atoms with van der Waals surface area (Å²) in [4.78, 5) is 0. The van der Waals surface area contributed by atoms with E-state index >= 15 is 0 Å². The average Bonchev–Trinajstić information content (AvgIpc) is 2.64. The molecule has 0 amide bonds. The highest BCUT2D eigenvalue weighted by Gasteiger charge is 2.11. The maximum atomic E-state index is 8.85. The van der Waals surface area contributed by atoms with Crippen molar-refractivity contribution in [2.24, 2.45) is 7.05 Å². The fraction of sp³-hybridized carbons (Fsp3) is 0.357. The molecule has 5 heteroatoms. The van der Waals surface area contributed by atoms with E-state index in [1.807, 2.05) is 38.2 Å². The molecule has 0 radical (unpaired) electrons. The second kappa shape index (κ2) is 6.08. The van der Waals surface area contributed by atoms with Crippen LogP contribution in [-0.4, -0.2) is 21.5 Å². The van der Waals surface area contributed by atoms with Gasteiger partial charge in [0.25, 0.3) is 0 Å². The van der Waals surface area contributed by atoms with Gasteiger partial charge in [0.15, 0.2) is 0 Å². The normalized spacial score (nSPS) is 10.7. The predicted octanol–water partition coefficient (Wildman–Crippen LogP) is 2.50. The van der Waals surface area contributed by atoms with Crippen LogP contribution < -0.4 is 4.74 Å². The first-order valence-corrected chi connectivity index (χ1v) is 6.50. The number of hydrogen-bond acceptors (Lipinski definition) is 3. The van der Waals surface area contributed by atoms with E-state index in [9.17, 15) is 0 Å². The zero-order valence-corrected chi connectivity index (χ0v) is 11.8. The molecule has 1 aromatic carbocycles. The van der Waals surface area contributed by atoms with Gasteiger partial charge in [0.2, 0.25) is 0 Å². The van der Waals surface area contributed by atoms with Crippen molar-refractivity contribution in [3.63, 3.8) is 0 Å². The second-order valence-corrected chi connectivity index (χ2v) is 4.74. The summed E-state index contributed by atoms with van der Waals surface area (Å²) in [6, 6.07) is 7.68. The smallest absolute Gasteiger partial charge is 0.133 e. The van der Waals surface area contributed by atoms with Gasteiger partial charge in [-0.2, -0.15) is 5.10 Å². The molecule has 0 saturated heterocycles. The van der Waals surface area contributed by atoms with E-state index in [0.717, 1.165) is 22.6 Å².